The number of hydrogen-bond donors (Lipinski definition) is 4. The molecule has 0 aromatic heterocycles. The van der Waals surface area contributed by atoms with Crippen molar-refractivity contribution in [2.24, 2.45) is 5.73 Å². The van der Waals surface area contributed by atoms with Crippen LogP contribution in [0.15, 0.2) is 24.3 Å². The molecule has 0 aromatic rings. The highest BCUT2D eigenvalue weighted by atomic mass is 32.1. The summed E-state index contributed by atoms with van der Waals surface area (Å²) < 4.78 is 15.4. The summed E-state index contributed by atoms with van der Waals surface area (Å²) in [5, 5.41) is 2.41. The molecule has 0 bridgehead atoms. The topological polar surface area (TPSA) is 105 Å². The molecule has 0 aliphatic heterocycles. The van der Waals surface area contributed by atoms with Gasteiger partial charge in [0.25, 0.3) is 0 Å². The van der Waals surface area contributed by atoms with Gasteiger partial charge in [-0.15, -0.1) is 0 Å². The first kappa shape index (κ1) is 12.4. The van der Waals surface area contributed by atoms with Crippen molar-refractivity contribution in [2.45, 2.75) is 12.1 Å². The van der Waals surface area contributed by atoms with Crippen LogP contribution < -0.4 is 11.1 Å². The summed E-state index contributed by atoms with van der Waals surface area (Å²) in [6.45, 7) is 0. The summed E-state index contributed by atoms with van der Waals surface area (Å²) in [6, 6.07) is 0. The number of nitrogens with two attached hydrogens (primary N) is 1. The van der Waals surface area contributed by atoms with Crippen LogP contribution in [0.2, 0.25) is 0 Å². The maximum Gasteiger partial charge on any atom is 0.471 e. The molecule has 1 unspecified atom stereocenters. The van der Waals surface area contributed by atoms with Gasteiger partial charge in [0.05, 0.1) is 0 Å². The van der Waals surface area contributed by atoms with Gasteiger partial charge >= 0.3 is 7.82 Å². The zero-order chi connectivity index (χ0) is 11.5. The highest BCUT2D eigenvalue weighted by Gasteiger charge is 2.35. The largest absolute Gasteiger partial charge is 0.471 e. The number of phosphoric ester groups is 1. The predicted molar refractivity (Wildman–Crippen MR) is 58.7 cm³/mol. The van der Waals surface area contributed by atoms with E-state index in [-0.39, 0.29) is 11.5 Å². The zero-order valence-corrected chi connectivity index (χ0v) is 9.37. The molecule has 15 heavy (non-hydrogen) atoms. The summed E-state index contributed by atoms with van der Waals surface area (Å²) >= 11 is 4.61. The third kappa shape index (κ3) is 4.11. The zero-order valence-electron chi connectivity index (χ0n) is 7.66. The lowest BCUT2D eigenvalue weighted by atomic mass is 10.1. The molecule has 1 aliphatic carbocycles. The third-order valence-corrected chi connectivity index (χ3v) is 2.32. The Morgan fingerprint density at radius 2 is 2.27 bits per heavy atom. The molecule has 0 saturated carbocycles. The van der Waals surface area contributed by atoms with Crippen molar-refractivity contribution in [1.29, 1.82) is 0 Å². The van der Waals surface area contributed by atoms with Gasteiger partial charge in [0.15, 0.2) is 10.8 Å². The van der Waals surface area contributed by atoms with Crippen LogP contribution in [-0.4, -0.2) is 20.6 Å². The van der Waals surface area contributed by atoms with Crippen LogP contribution in [0.5, 0.6) is 0 Å². The highest BCUT2D eigenvalue weighted by molar-refractivity contribution is 7.80. The molecule has 5 N–H and O–H groups in total. The van der Waals surface area contributed by atoms with Crippen LogP contribution in [-0.2, 0) is 9.09 Å². The van der Waals surface area contributed by atoms with E-state index in [1.807, 2.05) is 0 Å². The van der Waals surface area contributed by atoms with E-state index in [9.17, 15) is 4.57 Å². The first-order valence-corrected chi connectivity index (χ1v) is 5.95. The number of nitrogens with one attached hydrogen (secondary N) is 1. The molecule has 0 saturated heterocycles. The number of hydrogen-bond acceptors (Lipinski definition) is 3. The molecular weight excluding hydrogens is 239 g/mol. The molecule has 84 valence electrons. The summed E-state index contributed by atoms with van der Waals surface area (Å²) in [6.07, 6.45) is 6.67. The Balaban J connectivity index is 2.87. The first-order valence-electron chi connectivity index (χ1n) is 4.01. The minimum atomic E-state index is -4.62. The van der Waals surface area contributed by atoms with E-state index in [4.69, 9.17) is 15.5 Å². The van der Waals surface area contributed by atoms with Crippen molar-refractivity contribution >= 4 is 25.2 Å². The van der Waals surface area contributed by atoms with Crippen LogP contribution in [0, 0.1) is 0 Å². The minimum absolute atomic E-state index is 0.0941. The Kier molecular flexibility index (Phi) is 3.64. The van der Waals surface area contributed by atoms with Crippen LogP contribution in [0.4, 0.5) is 0 Å². The maximum atomic E-state index is 10.8. The molecule has 0 amide bonds. The number of allylic oxidation sites excluding steroid dienone is 2. The molecule has 1 aliphatic rings. The van der Waals surface area contributed by atoms with Crippen molar-refractivity contribution in [2.75, 3.05) is 0 Å². The standard InChI is InChI=1S/C7H11N2O4PS/c8-6(15)9-7(13-14(10,11)12)4-2-1-3-5-7/h1-4H,5H2,(H3,8,9,15)(H2,10,11,12). The van der Waals surface area contributed by atoms with Crippen LogP contribution in [0.25, 0.3) is 0 Å². The van der Waals surface area contributed by atoms with E-state index < -0.39 is 13.5 Å². The van der Waals surface area contributed by atoms with Gasteiger partial charge in [-0.1, -0.05) is 18.2 Å². The minimum Gasteiger partial charge on any atom is -0.376 e. The van der Waals surface area contributed by atoms with Gasteiger partial charge in [-0.05, 0) is 18.3 Å². The average Bonchev–Trinajstić information content (AvgIpc) is 1.99. The summed E-state index contributed by atoms with van der Waals surface area (Å²) in [5.41, 5.74) is 3.90. The van der Waals surface area contributed by atoms with E-state index in [1.165, 1.54) is 6.08 Å². The fourth-order valence-electron chi connectivity index (χ4n) is 1.20. The molecule has 1 rings (SSSR count). The van der Waals surface area contributed by atoms with Gasteiger partial charge in [-0.25, -0.2) is 4.57 Å². The smallest absolute Gasteiger partial charge is 0.376 e. The quantitative estimate of drug-likeness (QED) is 0.321. The fraction of sp³-hybridized carbons (Fsp3) is 0.286. The van der Waals surface area contributed by atoms with Crippen molar-refractivity contribution in [1.82, 2.24) is 5.32 Å². The van der Waals surface area contributed by atoms with Gasteiger partial charge in [0.1, 0.15) is 0 Å². The van der Waals surface area contributed by atoms with Gasteiger partial charge in [0.2, 0.25) is 0 Å². The highest BCUT2D eigenvalue weighted by Crippen LogP contribution is 2.42. The molecule has 0 fully saturated rings. The van der Waals surface area contributed by atoms with E-state index in [1.54, 1.807) is 18.2 Å². The van der Waals surface area contributed by atoms with Gasteiger partial charge in [-0.2, -0.15) is 0 Å². The fourth-order valence-corrected chi connectivity index (χ4v) is 1.98. The Morgan fingerprint density at radius 1 is 1.60 bits per heavy atom. The van der Waals surface area contributed by atoms with E-state index in [2.05, 4.69) is 22.1 Å². The van der Waals surface area contributed by atoms with Gasteiger partial charge in [-0.3, -0.25) is 4.52 Å². The van der Waals surface area contributed by atoms with Gasteiger partial charge < -0.3 is 20.8 Å². The maximum absolute atomic E-state index is 10.8. The first-order chi connectivity index (χ1) is 6.83. The third-order valence-electron chi connectivity index (χ3n) is 1.65. The number of rotatable bonds is 3. The number of phosphoric acid groups is 1. The Bertz CT molecular complexity index is 364. The summed E-state index contributed by atoms with van der Waals surface area (Å²) in [5.74, 6) is 0. The average molecular weight is 250 g/mol. The molecule has 8 heteroatoms. The van der Waals surface area contributed by atoms with Crippen molar-refractivity contribution in [3.63, 3.8) is 0 Å². The van der Waals surface area contributed by atoms with Crippen LogP contribution in [0.3, 0.4) is 0 Å². The SMILES string of the molecule is NC(=S)NC1(OP(=O)(O)O)C=CC=CC1. The molecule has 0 heterocycles. The van der Waals surface area contributed by atoms with E-state index in [0.717, 1.165) is 0 Å². The second-order valence-electron chi connectivity index (χ2n) is 2.95. The van der Waals surface area contributed by atoms with Crippen molar-refractivity contribution in [3.05, 3.63) is 24.3 Å². The summed E-state index contributed by atoms with van der Waals surface area (Å²) in [4.78, 5) is 17.5. The lowest BCUT2D eigenvalue weighted by Crippen LogP contribution is -2.50. The Morgan fingerprint density at radius 3 is 2.67 bits per heavy atom. The molecule has 6 nitrogen and oxygen atoms in total. The second kappa shape index (κ2) is 4.42. The molecule has 1 atom stereocenters. The normalized spacial score (nSPS) is 25.2. The van der Waals surface area contributed by atoms with Crippen LogP contribution in [0.1, 0.15) is 6.42 Å². The lowest BCUT2D eigenvalue weighted by Gasteiger charge is -2.32. The van der Waals surface area contributed by atoms with E-state index in [0.29, 0.717) is 0 Å². The Hall–Kier alpha value is -0.720. The van der Waals surface area contributed by atoms with Crippen molar-refractivity contribution < 1.29 is 18.9 Å². The monoisotopic (exact) mass is 250 g/mol. The van der Waals surface area contributed by atoms with E-state index >= 15 is 0 Å². The Labute approximate surface area is 92.0 Å². The molecular formula is C7H11N2O4PS. The molecule has 0 aromatic carbocycles. The molecule has 0 spiro atoms. The lowest BCUT2D eigenvalue weighted by molar-refractivity contribution is 0.0634. The predicted octanol–water partition coefficient (Wildman–Crippen LogP) is 0.141. The number of thiocarbonyl (C=S) groups is 1. The molecule has 0 radical (unpaired) electrons. The van der Waals surface area contributed by atoms with Gasteiger partial charge in [0, 0.05) is 6.42 Å². The van der Waals surface area contributed by atoms with Crippen molar-refractivity contribution in [3.8, 4) is 0 Å². The summed E-state index contributed by atoms with van der Waals surface area (Å²) in [7, 11) is -4.62. The second-order valence-corrected chi connectivity index (χ2v) is 4.56. The van der Waals surface area contributed by atoms with Crippen LogP contribution >= 0.6 is 20.0 Å².